The van der Waals surface area contributed by atoms with Crippen LogP contribution in [0.1, 0.15) is 12.5 Å². The van der Waals surface area contributed by atoms with Crippen molar-refractivity contribution in [3.05, 3.63) is 48.6 Å². The number of rotatable bonds is 7. The zero-order valence-electron chi connectivity index (χ0n) is 13.3. The highest BCUT2D eigenvalue weighted by Crippen LogP contribution is 2.40. The van der Waals surface area contributed by atoms with Crippen LogP contribution in [-0.2, 0) is 20.9 Å². The van der Waals surface area contributed by atoms with E-state index in [9.17, 15) is 18.4 Å². The van der Waals surface area contributed by atoms with Gasteiger partial charge in [-0.1, -0.05) is 36.4 Å². The molecule has 5 nitrogen and oxygen atoms in total. The monoisotopic (exact) mass is 405 g/mol. The van der Waals surface area contributed by atoms with E-state index in [1.165, 1.54) is 6.08 Å². The van der Waals surface area contributed by atoms with Crippen molar-refractivity contribution in [1.29, 1.82) is 0 Å². The molecule has 0 N–H and O–H groups in total. The molecule has 0 fully saturated rings. The molecule has 0 aliphatic rings. The number of nitrogens with zero attached hydrogens (tertiary/aromatic N) is 1. The molecule has 0 aliphatic heterocycles. The van der Waals surface area contributed by atoms with Crippen LogP contribution in [0.2, 0.25) is 0 Å². The van der Waals surface area contributed by atoms with Crippen molar-refractivity contribution in [2.45, 2.75) is 23.9 Å². The smallest absolute Gasteiger partial charge is 0.411 e. The molecule has 132 valence electrons. The molecule has 1 atom stereocenters. The summed E-state index contributed by atoms with van der Waals surface area (Å²) in [6, 6.07) is 8.70. The molecule has 24 heavy (non-hydrogen) atoms. The lowest BCUT2D eigenvalue weighted by atomic mass is 10.0. The second-order valence-electron chi connectivity index (χ2n) is 5.00. The van der Waals surface area contributed by atoms with Gasteiger partial charge in [-0.2, -0.15) is 8.78 Å². The fourth-order valence-corrected chi connectivity index (χ4v) is 2.32. The molecule has 0 radical (unpaired) electrons. The summed E-state index contributed by atoms with van der Waals surface area (Å²) >= 11 is 2.16. The molecule has 1 aromatic carbocycles. The van der Waals surface area contributed by atoms with Gasteiger partial charge in [-0.25, -0.2) is 9.59 Å². The van der Waals surface area contributed by atoms with Crippen molar-refractivity contribution < 1.29 is 27.8 Å². The molecular formula is C16H18BrF2NO4. The van der Waals surface area contributed by atoms with Crippen LogP contribution in [0.15, 0.2) is 43.0 Å². The Labute approximate surface area is 147 Å². The van der Waals surface area contributed by atoms with Gasteiger partial charge in [0.05, 0.1) is 7.11 Å². The minimum absolute atomic E-state index is 0.127. The van der Waals surface area contributed by atoms with E-state index < -0.39 is 22.4 Å². The van der Waals surface area contributed by atoms with Gasteiger partial charge in [0.1, 0.15) is 6.61 Å². The highest BCUT2D eigenvalue weighted by molar-refractivity contribution is 9.10. The third kappa shape index (κ3) is 4.31. The third-order valence-electron chi connectivity index (χ3n) is 3.41. The first-order chi connectivity index (χ1) is 11.2. The minimum atomic E-state index is -3.75. The predicted molar refractivity (Wildman–Crippen MR) is 87.8 cm³/mol. The van der Waals surface area contributed by atoms with E-state index in [1.54, 1.807) is 30.3 Å². The first kappa shape index (κ1) is 20.1. The zero-order chi connectivity index (χ0) is 18.4. The topological polar surface area (TPSA) is 55.8 Å². The Bertz CT molecular complexity index is 591. The van der Waals surface area contributed by atoms with Gasteiger partial charge < -0.3 is 9.47 Å². The Hall–Kier alpha value is -1.96. The fraction of sp³-hybridized carbons (Fsp3) is 0.375. The fourth-order valence-electron chi connectivity index (χ4n) is 1.94. The maximum Gasteiger partial charge on any atom is 0.411 e. The standard InChI is InChI=1S/C16H18BrF2NO4/c1-4-10-20(15(2,13(21)23-3)16(17,18)19)14(22)24-11-12-8-6-5-7-9-12/h4-9H,1,10-11H2,2-3H3. The summed E-state index contributed by atoms with van der Waals surface area (Å²) in [5.41, 5.74) is -1.93. The molecule has 1 unspecified atom stereocenters. The molecule has 0 saturated carbocycles. The Morgan fingerprint density at radius 2 is 1.92 bits per heavy atom. The summed E-state index contributed by atoms with van der Waals surface area (Å²) in [5.74, 6) is -1.29. The van der Waals surface area contributed by atoms with Gasteiger partial charge >= 0.3 is 16.9 Å². The average molecular weight is 406 g/mol. The molecular weight excluding hydrogens is 388 g/mol. The Morgan fingerprint density at radius 1 is 1.33 bits per heavy atom. The number of esters is 1. The summed E-state index contributed by atoms with van der Waals surface area (Å²) in [6.07, 6.45) is 0.120. The van der Waals surface area contributed by atoms with E-state index in [0.29, 0.717) is 10.5 Å². The van der Waals surface area contributed by atoms with E-state index in [1.807, 2.05) is 0 Å². The maximum atomic E-state index is 14.0. The minimum Gasteiger partial charge on any atom is -0.467 e. The van der Waals surface area contributed by atoms with Crippen molar-refractivity contribution in [3.8, 4) is 0 Å². The Kier molecular flexibility index (Phi) is 6.89. The van der Waals surface area contributed by atoms with E-state index in [-0.39, 0.29) is 13.2 Å². The second-order valence-corrected chi connectivity index (χ2v) is 6.00. The van der Waals surface area contributed by atoms with Crippen molar-refractivity contribution in [2.24, 2.45) is 0 Å². The number of carbonyl (C=O) groups excluding carboxylic acids is 2. The largest absolute Gasteiger partial charge is 0.467 e. The van der Waals surface area contributed by atoms with Crippen LogP contribution in [0.5, 0.6) is 0 Å². The summed E-state index contributed by atoms with van der Waals surface area (Å²) in [4.78, 5) is 21.1. The second kappa shape index (κ2) is 8.23. The molecule has 0 aliphatic carbocycles. The third-order valence-corrected chi connectivity index (χ3v) is 4.18. The molecule has 1 aromatic rings. The first-order valence-electron chi connectivity index (χ1n) is 6.92. The van der Waals surface area contributed by atoms with Gasteiger partial charge in [0.2, 0.25) is 5.54 Å². The van der Waals surface area contributed by atoms with Gasteiger partial charge in [0.25, 0.3) is 0 Å². The number of ether oxygens (including phenoxy) is 2. The molecule has 1 amide bonds. The van der Waals surface area contributed by atoms with Crippen LogP contribution in [0.25, 0.3) is 0 Å². The van der Waals surface area contributed by atoms with Crippen LogP contribution >= 0.6 is 15.9 Å². The van der Waals surface area contributed by atoms with Crippen LogP contribution in [-0.4, -0.2) is 41.0 Å². The quantitative estimate of drug-likeness (QED) is 0.394. The molecule has 0 bridgehead atoms. The van der Waals surface area contributed by atoms with Crippen molar-refractivity contribution in [3.63, 3.8) is 0 Å². The van der Waals surface area contributed by atoms with Crippen molar-refractivity contribution in [1.82, 2.24) is 4.90 Å². The summed E-state index contributed by atoms with van der Waals surface area (Å²) in [7, 11) is 0.959. The normalized spacial score (nSPS) is 13.5. The van der Waals surface area contributed by atoms with Crippen molar-refractivity contribution in [2.75, 3.05) is 13.7 Å². The van der Waals surface area contributed by atoms with E-state index in [4.69, 9.17) is 4.74 Å². The lowest BCUT2D eigenvalue weighted by Gasteiger charge is -2.39. The Balaban J connectivity index is 3.07. The SMILES string of the molecule is C=CCN(C(=O)OCc1ccccc1)C(C)(C(=O)OC)C(F)(F)Br. The number of alkyl halides is 3. The average Bonchev–Trinajstić information content (AvgIpc) is 2.56. The zero-order valence-corrected chi connectivity index (χ0v) is 14.9. The van der Waals surface area contributed by atoms with E-state index >= 15 is 0 Å². The van der Waals surface area contributed by atoms with Gasteiger partial charge in [0, 0.05) is 6.54 Å². The van der Waals surface area contributed by atoms with Crippen LogP contribution in [0.4, 0.5) is 13.6 Å². The maximum absolute atomic E-state index is 14.0. The summed E-state index contributed by atoms with van der Waals surface area (Å²) in [5, 5.41) is 0. The van der Waals surface area contributed by atoms with Gasteiger partial charge in [0.15, 0.2) is 0 Å². The van der Waals surface area contributed by atoms with Gasteiger partial charge in [-0.3, -0.25) is 4.90 Å². The first-order valence-corrected chi connectivity index (χ1v) is 7.72. The van der Waals surface area contributed by atoms with Crippen LogP contribution in [0.3, 0.4) is 0 Å². The lowest BCUT2D eigenvalue weighted by Crippen LogP contribution is -2.63. The highest BCUT2D eigenvalue weighted by Gasteiger charge is 2.61. The number of hydrogen-bond donors (Lipinski definition) is 0. The van der Waals surface area contributed by atoms with Crippen LogP contribution < -0.4 is 0 Å². The Morgan fingerprint density at radius 3 is 2.38 bits per heavy atom. The number of benzene rings is 1. The van der Waals surface area contributed by atoms with Crippen molar-refractivity contribution >= 4 is 28.0 Å². The lowest BCUT2D eigenvalue weighted by molar-refractivity contribution is -0.166. The number of halogens is 3. The van der Waals surface area contributed by atoms with E-state index in [0.717, 1.165) is 14.0 Å². The molecule has 8 heteroatoms. The molecule has 0 spiro atoms. The number of amides is 1. The highest BCUT2D eigenvalue weighted by atomic mass is 79.9. The van der Waals surface area contributed by atoms with E-state index in [2.05, 4.69) is 27.2 Å². The predicted octanol–water partition coefficient (Wildman–Crippen LogP) is 3.73. The molecule has 0 aromatic heterocycles. The van der Waals surface area contributed by atoms with Gasteiger partial charge in [-0.15, -0.1) is 6.58 Å². The summed E-state index contributed by atoms with van der Waals surface area (Å²) in [6.45, 7) is 3.85. The molecule has 0 heterocycles. The number of methoxy groups -OCH3 is 1. The van der Waals surface area contributed by atoms with Crippen LogP contribution in [0, 0.1) is 0 Å². The number of hydrogen-bond acceptors (Lipinski definition) is 4. The molecule has 0 saturated heterocycles. The van der Waals surface area contributed by atoms with Gasteiger partial charge in [-0.05, 0) is 28.4 Å². The summed E-state index contributed by atoms with van der Waals surface area (Å²) < 4.78 is 37.6. The number of carbonyl (C=O) groups is 2. The molecule has 1 rings (SSSR count).